The first-order valence-corrected chi connectivity index (χ1v) is 40.5. The van der Waals surface area contributed by atoms with Crippen LogP contribution in [0.3, 0.4) is 0 Å². The quantitative estimate of drug-likeness (QED) is 0.0204. The molecule has 98 heavy (non-hydrogen) atoms. The van der Waals surface area contributed by atoms with E-state index < -0.39 is 86.8 Å². The highest BCUT2D eigenvalue weighted by atomic mass is 16.7. The number of hydrogen-bond acceptors (Lipinski definition) is 13. The van der Waals surface area contributed by atoms with E-state index in [0.717, 1.165) is 77.0 Å². The number of carbonyl (C=O) groups excluding carboxylic acids is 1. The van der Waals surface area contributed by atoms with Crippen LogP contribution in [-0.4, -0.2) is 140 Å². The maximum atomic E-state index is 13.4. The number of aliphatic hydroxyl groups is 8. The number of hydrogen-bond donors (Lipinski definition) is 9. The second kappa shape index (κ2) is 67.1. The van der Waals surface area contributed by atoms with Gasteiger partial charge in [-0.2, -0.15) is 0 Å². The summed E-state index contributed by atoms with van der Waals surface area (Å²) < 4.78 is 22.9. The Morgan fingerprint density at radius 3 is 1.12 bits per heavy atom. The highest BCUT2D eigenvalue weighted by molar-refractivity contribution is 5.76. The summed E-state index contributed by atoms with van der Waals surface area (Å²) in [4.78, 5) is 13.4. The summed E-state index contributed by atoms with van der Waals surface area (Å²) in [5.41, 5.74) is 0. The molecule has 0 aromatic rings. The molecule has 14 nitrogen and oxygen atoms in total. The summed E-state index contributed by atoms with van der Waals surface area (Å²) in [6, 6.07) is -0.945. The van der Waals surface area contributed by atoms with Crippen LogP contribution in [0.1, 0.15) is 335 Å². The summed E-state index contributed by atoms with van der Waals surface area (Å²) in [5.74, 6) is -0.252. The zero-order chi connectivity index (χ0) is 70.8. The van der Waals surface area contributed by atoms with E-state index in [9.17, 15) is 45.6 Å². The SMILES string of the molecule is CC/C=C\C/C=C\C/C=C\C/C=C\C/C=C\CCCCCCCCCCCCCCCCCCCC(=O)NC(COC1OC(CO)C(OC2OC(CO)C(O)C(O)C2O)C(O)C1O)C(O)/C=C/CC/C=C/CC/C=C/CCCCCCCCCCCCCCCCCCCCCCC. The van der Waals surface area contributed by atoms with Gasteiger partial charge < -0.3 is 65.1 Å². The number of allylic oxidation sites excluding steroid dienone is 15. The third-order valence-electron chi connectivity index (χ3n) is 19.2. The second-order valence-electron chi connectivity index (χ2n) is 28.1. The van der Waals surface area contributed by atoms with Crippen LogP contribution >= 0.6 is 0 Å². The molecule has 9 N–H and O–H groups in total. The Hall–Kier alpha value is -3.09. The van der Waals surface area contributed by atoms with Gasteiger partial charge in [-0.05, 0) is 89.9 Å². The lowest BCUT2D eigenvalue weighted by Gasteiger charge is -2.46. The number of ether oxygens (including phenoxy) is 4. The molecule has 0 aliphatic carbocycles. The minimum Gasteiger partial charge on any atom is -0.394 e. The van der Waals surface area contributed by atoms with E-state index in [1.54, 1.807) is 6.08 Å². The maximum absolute atomic E-state index is 13.4. The molecule has 0 saturated carbocycles. The summed E-state index contributed by atoms with van der Waals surface area (Å²) >= 11 is 0. The molecule has 12 unspecified atom stereocenters. The van der Waals surface area contributed by atoms with Gasteiger partial charge in [0.25, 0.3) is 0 Å². The molecular formula is C84H149NO13. The number of aliphatic hydroxyl groups excluding tert-OH is 8. The standard InChI is InChI=1S/C84H149NO13/c1-3-5-7-9-11-13-15-17-19-21-23-25-27-29-31-33-35-36-38-40-42-44-46-48-50-52-54-56-58-60-62-64-66-68-76(89)85-72(71-95-83-81(94)79(92)82(75(70-87)97-83)98-84-80(93)78(91)77(90)74(69-86)96-84)73(88)67-65-63-61-59-57-55-53-51-49-47-45-43-41-39-37-34-32-30-28-26-24-22-20-18-16-14-12-10-8-6-4-2/h5,7,11,13,17,19,23,25,29,31,49,51,57,59,65,67,72-75,77-84,86-88,90-94H,3-4,6,8-10,12,14-16,18,20-22,24,26-28,30,32-48,50,52-56,58,60-64,66,68-71H2,1-2H3,(H,85,89)/b7-5-,13-11-,19-17-,25-23-,31-29-,51-49+,59-57+,67-65+. The van der Waals surface area contributed by atoms with Gasteiger partial charge in [-0.25, -0.2) is 0 Å². The van der Waals surface area contributed by atoms with Crippen molar-refractivity contribution in [1.82, 2.24) is 5.32 Å². The van der Waals surface area contributed by atoms with Crippen molar-refractivity contribution in [1.29, 1.82) is 0 Å². The fourth-order valence-electron chi connectivity index (χ4n) is 12.9. The van der Waals surface area contributed by atoms with E-state index in [-0.39, 0.29) is 18.9 Å². The molecule has 0 aromatic heterocycles. The molecule has 2 heterocycles. The van der Waals surface area contributed by atoms with Crippen molar-refractivity contribution < 1.29 is 64.6 Å². The monoisotopic (exact) mass is 1380 g/mol. The van der Waals surface area contributed by atoms with Gasteiger partial charge in [0.2, 0.25) is 5.91 Å². The number of carbonyl (C=O) groups is 1. The van der Waals surface area contributed by atoms with Crippen LogP contribution in [0.15, 0.2) is 97.2 Å². The molecule has 2 rings (SSSR count). The van der Waals surface area contributed by atoms with Crippen LogP contribution in [0.5, 0.6) is 0 Å². The predicted octanol–water partition coefficient (Wildman–Crippen LogP) is 18.5. The predicted molar refractivity (Wildman–Crippen MR) is 406 cm³/mol. The van der Waals surface area contributed by atoms with Crippen LogP contribution in [0.4, 0.5) is 0 Å². The van der Waals surface area contributed by atoms with Gasteiger partial charge in [0.1, 0.15) is 48.8 Å². The minimum absolute atomic E-state index is 0.252. The molecule has 2 saturated heterocycles. The lowest BCUT2D eigenvalue weighted by Crippen LogP contribution is -2.65. The van der Waals surface area contributed by atoms with Crippen LogP contribution in [0.2, 0.25) is 0 Å². The Labute approximate surface area is 598 Å². The first-order chi connectivity index (χ1) is 48.1. The third kappa shape index (κ3) is 49.5. The summed E-state index contributed by atoms with van der Waals surface area (Å²) in [6.45, 7) is 2.70. The van der Waals surface area contributed by atoms with Crippen LogP contribution < -0.4 is 5.32 Å². The highest BCUT2D eigenvalue weighted by Crippen LogP contribution is 2.30. The zero-order valence-corrected chi connectivity index (χ0v) is 62.3. The fraction of sp³-hybridized carbons (Fsp3) is 0.798. The van der Waals surface area contributed by atoms with Crippen LogP contribution in [0.25, 0.3) is 0 Å². The molecule has 12 atom stereocenters. The highest BCUT2D eigenvalue weighted by Gasteiger charge is 2.51. The Morgan fingerprint density at radius 1 is 0.378 bits per heavy atom. The number of amides is 1. The first kappa shape index (κ1) is 91.0. The van der Waals surface area contributed by atoms with Crippen molar-refractivity contribution in [3.63, 3.8) is 0 Å². The lowest BCUT2D eigenvalue weighted by molar-refractivity contribution is -0.359. The largest absolute Gasteiger partial charge is 0.394 e. The van der Waals surface area contributed by atoms with Crippen molar-refractivity contribution >= 4 is 5.91 Å². The Bertz CT molecular complexity index is 2020. The molecule has 2 fully saturated rings. The number of nitrogens with one attached hydrogen (secondary N) is 1. The van der Waals surface area contributed by atoms with Gasteiger partial charge in [-0.1, -0.05) is 336 Å². The maximum Gasteiger partial charge on any atom is 0.220 e. The second-order valence-corrected chi connectivity index (χ2v) is 28.1. The van der Waals surface area contributed by atoms with Gasteiger partial charge in [0, 0.05) is 6.42 Å². The summed E-state index contributed by atoms with van der Waals surface area (Å²) in [6.07, 6.45) is 79.2. The van der Waals surface area contributed by atoms with Gasteiger partial charge in [-0.15, -0.1) is 0 Å². The molecule has 1 amide bonds. The Balaban J connectivity index is 1.64. The van der Waals surface area contributed by atoms with Gasteiger partial charge in [0.05, 0.1) is 32.0 Å². The number of unbranched alkanes of at least 4 members (excludes halogenated alkanes) is 40. The van der Waals surface area contributed by atoms with E-state index in [1.807, 2.05) is 6.08 Å². The molecule has 0 radical (unpaired) electrons. The third-order valence-corrected chi connectivity index (χ3v) is 19.2. The van der Waals surface area contributed by atoms with Gasteiger partial charge >= 0.3 is 0 Å². The van der Waals surface area contributed by atoms with E-state index >= 15 is 0 Å². The minimum atomic E-state index is -1.80. The van der Waals surface area contributed by atoms with Crippen molar-refractivity contribution in [2.45, 2.75) is 408 Å². The first-order valence-electron chi connectivity index (χ1n) is 40.5. The van der Waals surface area contributed by atoms with Crippen molar-refractivity contribution in [2.75, 3.05) is 19.8 Å². The average Bonchev–Trinajstić information content (AvgIpc) is 0.793. The van der Waals surface area contributed by atoms with Crippen LogP contribution in [0, 0.1) is 0 Å². The molecule has 14 heteroatoms. The summed E-state index contributed by atoms with van der Waals surface area (Å²) in [5, 5.41) is 87.7. The van der Waals surface area contributed by atoms with Crippen molar-refractivity contribution in [2.24, 2.45) is 0 Å². The van der Waals surface area contributed by atoms with E-state index in [1.165, 1.54) is 225 Å². The smallest absolute Gasteiger partial charge is 0.220 e. The Kier molecular flexibility index (Phi) is 62.3. The van der Waals surface area contributed by atoms with E-state index in [2.05, 4.69) is 104 Å². The molecule has 568 valence electrons. The lowest BCUT2D eigenvalue weighted by atomic mass is 9.97. The number of rotatable bonds is 67. The summed E-state index contributed by atoms with van der Waals surface area (Å²) in [7, 11) is 0. The van der Waals surface area contributed by atoms with E-state index in [0.29, 0.717) is 12.8 Å². The molecule has 2 aliphatic heterocycles. The Morgan fingerprint density at radius 2 is 0.714 bits per heavy atom. The molecule has 0 spiro atoms. The topological polar surface area (TPSA) is 228 Å². The molecular weight excluding hydrogens is 1230 g/mol. The normalized spacial score (nSPS) is 22.6. The van der Waals surface area contributed by atoms with Crippen LogP contribution in [-0.2, 0) is 23.7 Å². The van der Waals surface area contributed by atoms with Gasteiger partial charge in [-0.3, -0.25) is 4.79 Å². The molecule has 0 aromatic carbocycles. The van der Waals surface area contributed by atoms with Gasteiger partial charge in [0.15, 0.2) is 12.6 Å². The molecule has 0 bridgehead atoms. The van der Waals surface area contributed by atoms with Crippen molar-refractivity contribution in [3.8, 4) is 0 Å². The average molecular weight is 1380 g/mol. The zero-order valence-electron chi connectivity index (χ0n) is 62.3. The molecule has 2 aliphatic rings. The van der Waals surface area contributed by atoms with E-state index in [4.69, 9.17) is 18.9 Å². The van der Waals surface area contributed by atoms with Crippen molar-refractivity contribution in [3.05, 3.63) is 97.2 Å². The fourth-order valence-corrected chi connectivity index (χ4v) is 12.9.